The number of carbonyl (C=O) groups is 1. The molecule has 0 saturated carbocycles. The van der Waals surface area contributed by atoms with Gasteiger partial charge in [-0.15, -0.1) is 0 Å². The number of para-hydroxylation sites is 1. The Morgan fingerprint density at radius 1 is 1.12 bits per heavy atom. The Bertz CT molecular complexity index is 737. The van der Waals surface area contributed by atoms with Crippen molar-refractivity contribution >= 4 is 12.0 Å². The average molecular weight is 349 g/mol. The first-order valence-corrected chi connectivity index (χ1v) is 7.65. The molecule has 2 aromatic rings. The highest BCUT2D eigenvalue weighted by atomic mass is 19.4. The molecule has 132 valence electrons. The molecule has 0 unspecified atom stereocenters. The van der Waals surface area contributed by atoms with E-state index in [0.29, 0.717) is 18.7 Å². The lowest BCUT2D eigenvalue weighted by atomic mass is 10.1. The zero-order chi connectivity index (χ0) is 18.3. The van der Waals surface area contributed by atoms with Crippen LogP contribution >= 0.6 is 0 Å². The molecule has 0 aliphatic carbocycles. The molecular weight excluding hydrogens is 331 g/mol. The Balaban J connectivity index is 1.83. The van der Waals surface area contributed by atoms with Crippen molar-refractivity contribution in [2.24, 2.45) is 0 Å². The third-order valence-corrected chi connectivity index (χ3v) is 3.55. The number of hydrogen-bond donors (Lipinski definition) is 1. The number of methoxy groups -OCH3 is 1. The summed E-state index contributed by atoms with van der Waals surface area (Å²) in [6, 6.07) is 12.2. The van der Waals surface area contributed by atoms with Crippen LogP contribution in [0.5, 0.6) is 5.75 Å². The molecule has 1 N–H and O–H groups in total. The molecule has 0 bridgehead atoms. The van der Waals surface area contributed by atoms with Crippen LogP contribution in [-0.2, 0) is 17.4 Å². The Morgan fingerprint density at radius 2 is 1.80 bits per heavy atom. The minimum absolute atomic E-state index is 0.280. The highest BCUT2D eigenvalue weighted by Gasteiger charge is 2.29. The molecule has 0 aliphatic rings. The summed E-state index contributed by atoms with van der Waals surface area (Å²) in [5, 5.41) is 2.69. The zero-order valence-electron chi connectivity index (χ0n) is 13.6. The fourth-order valence-electron chi connectivity index (χ4n) is 2.22. The summed E-state index contributed by atoms with van der Waals surface area (Å²) >= 11 is 0. The van der Waals surface area contributed by atoms with Crippen LogP contribution in [0.25, 0.3) is 6.08 Å². The third-order valence-electron chi connectivity index (χ3n) is 3.55. The first kappa shape index (κ1) is 18.6. The minimum Gasteiger partial charge on any atom is -0.496 e. The molecule has 0 radical (unpaired) electrons. The number of amides is 1. The number of hydrogen-bond acceptors (Lipinski definition) is 2. The number of halogens is 3. The normalized spacial score (nSPS) is 11.5. The van der Waals surface area contributed by atoms with Gasteiger partial charge in [0.15, 0.2) is 0 Å². The van der Waals surface area contributed by atoms with Gasteiger partial charge in [-0.25, -0.2) is 0 Å². The van der Waals surface area contributed by atoms with E-state index in [9.17, 15) is 18.0 Å². The first-order chi connectivity index (χ1) is 11.9. The smallest absolute Gasteiger partial charge is 0.416 e. The van der Waals surface area contributed by atoms with Crippen LogP contribution in [0.1, 0.15) is 16.7 Å². The summed E-state index contributed by atoms with van der Waals surface area (Å²) in [4.78, 5) is 11.8. The van der Waals surface area contributed by atoms with Crippen LogP contribution in [0.3, 0.4) is 0 Å². The molecule has 6 heteroatoms. The SMILES string of the molecule is COc1ccccc1C=CC(=O)NCCc1ccc(C(F)(F)F)cc1. The third kappa shape index (κ3) is 5.67. The van der Waals surface area contributed by atoms with E-state index >= 15 is 0 Å². The molecule has 0 spiro atoms. The Hall–Kier alpha value is -2.76. The maximum Gasteiger partial charge on any atom is 0.416 e. The highest BCUT2D eigenvalue weighted by Crippen LogP contribution is 2.29. The lowest BCUT2D eigenvalue weighted by Crippen LogP contribution is -2.23. The predicted molar refractivity (Wildman–Crippen MR) is 90.2 cm³/mol. The summed E-state index contributed by atoms with van der Waals surface area (Å²) in [5.74, 6) is 0.383. The standard InChI is InChI=1S/C19H18F3NO2/c1-25-17-5-3-2-4-15(17)8-11-18(24)23-13-12-14-6-9-16(10-7-14)19(20,21)22/h2-11H,12-13H2,1H3,(H,23,24). The fraction of sp³-hybridized carbons (Fsp3) is 0.211. The van der Waals surface area contributed by atoms with Crippen molar-refractivity contribution in [3.05, 3.63) is 71.3 Å². The molecular formula is C19H18F3NO2. The highest BCUT2D eigenvalue weighted by molar-refractivity contribution is 5.92. The summed E-state index contributed by atoms with van der Waals surface area (Å²) in [6.07, 6.45) is -0.848. The van der Waals surface area contributed by atoms with Crippen molar-refractivity contribution < 1.29 is 22.7 Å². The quantitative estimate of drug-likeness (QED) is 0.798. The minimum atomic E-state index is -4.34. The maximum absolute atomic E-state index is 12.5. The van der Waals surface area contributed by atoms with E-state index in [1.54, 1.807) is 19.3 Å². The summed E-state index contributed by atoms with van der Waals surface area (Å²) in [5.41, 5.74) is 0.824. The molecule has 0 aromatic heterocycles. The number of ether oxygens (including phenoxy) is 1. The Morgan fingerprint density at radius 3 is 2.44 bits per heavy atom. The van der Waals surface area contributed by atoms with Gasteiger partial charge in [-0.05, 0) is 36.3 Å². The molecule has 0 fully saturated rings. The molecule has 3 nitrogen and oxygen atoms in total. The second kappa shape index (κ2) is 8.37. The Labute approximate surface area is 144 Å². The van der Waals surface area contributed by atoms with Gasteiger partial charge in [-0.2, -0.15) is 13.2 Å². The summed E-state index contributed by atoms with van der Waals surface area (Å²) in [6.45, 7) is 0.334. The summed E-state index contributed by atoms with van der Waals surface area (Å²) < 4.78 is 42.6. The second-order valence-electron chi connectivity index (χ2n) is 5.31. The van der Waals surface area contributed by atoms with E-state index < -0.39 is 11.7 Å². The van der Waals surface area contributed by atoms with Crippen LogP contribution in [-0.4, -0.2) is 19.6 Å². The number of alkyl halides is 3. The van der Waals surface area contributed by atoms with E-state index in [4.69, 9.17) is 4.74 Å². The predicted octanol–water partition coefficient (Wildman–Crippen LogP) is 4.09. The van der Waals surface area contributed by atoms with Gasteiger partial charge in [0.05, 0.1) is 12.7 Å². The van der Waals surface area contributed by atoms with Crippen molar-refractivity contribution in [3.8, 4) is 5.75 Å². The van der Waals surface area contributed by atoms with Crippen molar-refractivity contribution in [2.45, 2.75) is 12.6 Å². The van der Waals surface area contributed by atoms with Crippen molar-refractivity contribution in [1.82, 2.24) is 5.32 Å². The maximum atomic E-state index is 12.5. The molecule has 0 saturated heterocycles. The van der Waals surface area contributed by atoms with Gasteiger partial charge < -0.3 is 10.1 Å². The van der Waals surface area contributed by atoms with Crippen LogP contribution in [0.15, 0.2) is 54.6 Å². The van der Waals surface area contributed by atoms with E-state index in [1.807, 2.05) is 18.2 Å². The average Bonchev–Trinajstić information content (AvgIpc) is 2.60. The molecule has 25 heavy (non-hydrogen) atoms. The van der Waals surface area contributed by atoms with Crippen LogP contribution in [0.2, 0.25) is 0 Å². The van der Waals surface area contributed by atoms with Crippen molar-refractivity contribution in [1.29, 1.82) is 0 Å². The van der Waals surface area contributed by atoms with Crippen molar-refractivity contribution in [2.75, 3.05) is 13.7 Å². The largest absolute Gasteiger partial charge is 0.496 e. The van der Waals surface area contributed by atoms with Crippen LogP contribution < -0.4 is 10.1 Å². The van der Waals surface area contributed by atoms with Gasteiger partial charge in [0.1, 0.15) is 5.75 Å². The van der Waals surface area contributed by atoms with Gasteiger partial charge >= 0.3 is 6.18 Å². The molecule has 1 amide bonds. The topological polar surface area (TPSA) is 38.3 Å². The second-order valence-corrected chi connectivity index (χ2v) is 5.31. The van der Waals surface area contributed by atoms with E-state index in [2.05, 4.69) is 5.32 Å². The lowest BCUT2D eigenvalue weighted by Gasteiger charge is -2.08. The molecule has 0 heterocycles. The van der Waals surface area contributed by atoms with Gasteiger partial charge in [0.2, 0.25) is 5.91 Å². The van der Waals surface area contributed by atoms with E-state index in [0.717, 1.165) is 23.3 Å². The molecule has 0 atom stereocenters. The number of rotatable bonds is 6. The van der Waals surface area contributed by atoms with Gasteiger partial charge in [-0.1, -0.05) is 30.3 Å². The van der Waals surface area contributed by atoms with Gasteiger partial charge in [-0.3, -0.25) is 4.79 Å². The molecule has 0 aliphatic heterocycles. The fourth-order valence-corrected chi connectivity index (χ4v) is 2.22. The number of benzene rings is 2. The van der Waals surface area contributed by atoms with Gasteiger partial charge in [0.25, 0.3) is 0 Å². The zero-order valence-corrected chi connectivity index (χ0v) is 13.6. The number of nitrogens with one attached hydrogen (secondary N) is 1. The molecule has 2 rings (SSSR count). The molecule has 2 aromatic carbocycles. The lowest BCUT2D eigenvalue weighted by molar-refractivity contribution is -0.137. The van der Waals surface area contributed by atoms with Crippen LogP contribution in [0, 0.1) is 0 Å². The van der Waals surface area contributed by atoms with E-state index in [1.165, 1.54) is 18.2 Å². The number of carbonyl (C=O) groups excluding carboxylic acids is 1. The monoisotopic (exact) mass is 349 g/mol. The van der Waals surface area contributed by atoms with Gasteiger partial charge in [0, 0.05) is 18.2 Å². The van der Waals surface area contributed by atoms with Crippen LogP contribution in [0.4, 0.5) is 13.2 Å². The Kier molecular flexibility index (Phi) is 6.22. The van der Waals surface area contributed by atoms with Crippen molar-refractivity contribution in [3.63, 3.8) is 0 Å². The van der Waals surface area contributed by atoms with E-state index in [-0.39, 0.29) is 5.91 Å². The first-order valence-electron chi connectivity index (χ1n) is 7.65. The summed E-state index contributed by atoms with van der Waals surface area (Å²) in [7, 11) is 1.55.